The molecule has 3 rings (SSSR count). The number of hydrogen-bond donors (Lipinski definition) is 2. The maximum absolute atomic E-state index is 11.2. The average molecular weight is 426 g/mol. The number of nitrogens with one attached hydrogen (secondary N) is 1. The zero-order valence-electron chi connectivity index (χ0n) is 16.9. The molecule has 0 heterocycles. The van der Waals surface area contributed by atoms with Gasteiger partial charge in [0.2, 0.25) is 0 Å². The van der Waals surface area contributed by atoms with E-state index in [1.807, 2.05) is 56.3 Å². The summed E-state index contributed by atoms with van der Waals surface area (Å²) >= 11 is 6.03. The number of hydrogen-bond acceptors (Lipinski definition) is 4. The predicted molar refractivity (Wildman–Crippen MR) is 119 cm³/mol. The zero-order chi connectivity index (χ0) is 21.5. The molecule has 0 amide bonds. The molecule has 0 aliphatic carbocycles. The van der Waals surface area contributed by atoms with Gasteiger partial charge >= 0.3 is 5.97 Å². The van der Waals surface area contributed by atoms with E-state index in [1.165, 1.54) is 0 Å². The monoisotopic (exact) mass is 425 g/mol. The van der Waals surface area contributed by atoms with Gasteiger partial charge in [0.25, 0.3) is 0 Å². The number of halogens is 1. The molecule has 0 aliphatic rings. The third-order valence-corrected chi connectivity index (χ3v) is 4.79. The van der Waals surface area contributed by atoms with Gasteiger partial charge in [0.1, 0.15) is 6.61 Å². The average Bonchev–Trinajstić information content (AvgIpc) is 2.72. The van der Waals surface area contributed by atoms with Crippen LogP contribution in [0.3, 0.4) is 0 Å². The quantitative estimate of drug-likeness (QED) is 0.444. The number of ether oxygens (including phenoxy) is 2. The lowest BCUT2D eigenvalue weighted by Crippen LogP contribution is -2.05. The molecule has 0 spiro atoms. The van der Waals surface area contributed by atoms with Crippen LogP contribution >= 0.6 is 11.6 Å². The van der Waals surface area contributed by atoms with Crippen LogP contribution in [0.5, 0.6) is 11.5 Å². The van der Waals surface area contributed by atoms with Crippen molar-refractivity contribution in [2.75, 3.05) is 11.9 Å². The second-order valence-corrected chi connectivity index (χ2v) is 7.26. The third-order valence-electron chi connectivity index (χ3n) is 4.56. The highest BCUT2D eigenvalue weighted by atomic mass is 35.5. The second kappa shape index (κ2) is 10.0. The number of rotatable bonds is 9. The molecule has 0 aliphatic heterocycles. The topological polar surface area (TPSA) is 67.8 Å². The minimum absolute atomic E-state index is 0.253. The van der Waals surface area contributed by atoms with Crippen LogP contribution in [0.1, 0.15) is 34.0 Å². The van der Waals surface area contributed by atoms with Crippen molar-refractivity contribution >= 4 is 23.3 Å². The molecule has 0 unspecified atom stereocenters. The summed E-state index contributed by atoms with van der Waals surface area (Å²) in [5.74, 6) is 0.373. The first kappa shape index (κ1) is 21.5. The molecule has 0 bridgehead atoms. The highest BCUT2D eigenvalue weighted by molar-refractivity contribution is 6.30. The molecule has 0 fully saturated rings. The molecule has 5 nitrogen and oxygen atoms in total. The predicted octanol–water partition coefficient (Wildman–Crippen LogP) is 5.94. The van der Waals surface area contributed by atoms with Crippen molar-refractivity contribution in [1.82, 2.24) is 0 Å². The van der Waals surface area contributed by atoms with Crippen molar-refractivity contribution in [1.29, 1.82) is 0 Å². The van der Waals surface area contributed by atoms with E-state index >= 15 is 0 Å². The summed E-state index contributed by atoms with van der Waals surface area (Å²) in [5, 5.41) is 13.2. The minimum Gasteiger partial charge on any atom is -0.490 e. The van der Waals surface area contributed by atoms with Crippen LogP contribution in [0.4, 0.5) is 5.69 Å². The summed E-state index contributed by atoms with van der Waals surface area (Å²) in [7, 11) is 0. The molecular weight excluding hydrogens is 402 g/mol. The van der Waals surface area contributed by atoms with Crippen LogP contribution in [-0.4, -0.2) is 17.7 Å². The fourth-order valence-corrected chi connectivity index (χ4v) is 3.19. The van der Waals surface area contributed by atoms with E-state index in [0.717, 1.165) is 22.4 Å². The van der Waals surface area contributed by atoms with E-state index in [9.17, 15) is 9.90 Å². The van der Waals surface area contributed by atoms with Gasteiger partial charge in [-0.1, -0.05) is 35.9 Å². The van der Waals surface area contributed by atoms with Gasteiger partial charge in [-0.25, -0.2) is 4.79 Å². The van der Waals surface area contributed by atoms with Gasteiger partial charge in [-0.05, 0) is 66.9 Å². The van der Waals surface area contributed by atoms with Crippen LogP contribution in [0.15, 0.2) is 60.7 Å². The molecule has 0 saturated heterocycles. The lowest BCUT2D eigenvalue weighted by Gasteiger charge is -2.15. The first-order valence-corrected chi connectivity index (χ1v) is 10.0. The molecule has 0 saturated carbocycles. The van der Waals surface area contributed by atoms with Crippen LogP contribution in [0.25, 0.3) is 0 Å². The Morgan fingerprint density at radius 1 is 1.00 bits per heavy atom. The Kier molecular flexibility index (Phi) is 7.20. The third kappa shape index (κ3) is 5.67. The van der Waals surface area contributed by atoms with Gasteiger partial charge in [-0.15, -0.1) is 0 Å². The molecular formula is C24H24ClNO4. The molecule has 3 aromatic rings. The Balaban J connectivity index is 1.71. The SMILES string of the molecule is CCOc1cc(CNc2cc(C(=O)O)ccc2C)ccc1OCc1cccc(Cl)c1. The zero-order valence-corrected chi connectivity index (χ0v) is 17.7. The molecule has 0 radical (unpaired) electrons. The Hall–Kier alpha value is -3.18. The number of benzene rings is 3. The number of aryl methyl sites for hydroxylation is 1. The van der Waals surface area contributed by atoms with E-state index in [2.05, 4.69) is 5.32 Å². The molecule has 6 heteroatoms. The smallest absolute Gasteiger partial charge is 0.335 e. The van der Waals surface area contributed by atoms with Gasteiger partial charge in [-0.2, -0.15) is 0 Å². The summed E-state index contributed by atoms with van der Waals surface area (Å²) in [6, 6.07) is 18.3. The number of carboxylic acid groups (broad SMARTS) is 1. The summed E-state index contributed by atoms with van der Waals surface area (Å²) in [5.41, 5.74) is 3.99. The van der Waals surface area contributed by atoms with Crippen LogP contribution in [0, 0.1) is 6.92 Å². The van der Waals surface area contributed by atoms with Gasteiger partial charge in [-0.3, -0.25) is 0 Å². The fourth-order valence-electron chi connectivity index (χ4n) is 2.98. The van der Waals surface area contributed by atoms with Crippen molar-refractivity contribution in [3.05, 3.63) is 87.9 Å². The first-order valence-electron chi connectivity index (χ1n) is 9.67. The van der Waals surface area contributed by atoms with Crippen molar-refractivity contribution in [2.45, 2.75) is 27.0 Å². The van der Waals surface area contributed by atoms with Crippen molar-refractivity contribution in [3.63, 3.8) is 0 Å². The van der Waals surface area contributed by atoms with Crippen molar-refractivity contribution < 1.29 is 19.4 Å². The van der Waals surface area contributed by atoms with Gasteiger partial charge in [0, 0.05) is 17.3 Å². The van der Waals surface area contributed by atoms with E-state index in [-0.39, 0.29) is 5.56 Å². The molecule has 0 aromatic heterocycles. The lowest BCUT2D eigenvalue weighted by molar-refractivity contribution is 0.0697. The van der Waals surface area contributed by atoms with Crippen LogP contribution in [-0.2, 0) is 13.2 Å². The Morgan fingerprint density at radius 2 is 1.83 bits per heavy atom. The summed E-state index contributed by atoms with van der Waals surface area (Å²) < 4.78 is 11.7. The number of aromatic carboxylic acids is 1. The largest absolute Gasteiger partial charge is 0.490 e. The molecule has 156 valence electrons. The van der Waals surface area contributed by atoms with Gasteiger partial charge < -0.3 is 19.9 Å². The van der Waals surface area contributed by atoms with E-state index in [1.54, 1.807) is 18.2 Å². The normalized spacial score (nSPS) is 10.5. The molecule has 2 N–H and O–H groups in total. The maximum atomic E-state index is 11.2. The Morgan fingerprint density at radius 3 is 2.57 bits per heavy atom. The number of anilines is 1. The number of carbonyl (C=O) groups is 1. The first-order chi connectivity index (χ1) is 14.5. The van der Waals surface area contributed by atoms with Crippen molar-refractivity contribution in [2.24, 2.45) is 0 Å². The van der Waals surface area contributed by atoms with Crippen LogP contribution < -0.4 is 14.8 Å². The molecule has 0 atom stereocenters. The number of carboxylic acids is 1. The lowest BCUT2D eigenvalue weighted by atomic mass is 10.1. The highest BCUT2D eigenvalue weighted by Gasteiger charge is 2.09. The molecule has 3 aromatic carbocycles. The summed E-state index contributed by atoms with van der Waals surface area (Å²) in [4.78, 5) is 11.2. The van der Waals surface area contributed by atoms with E-state index in [4.69, 9.17) is 21.1 Å². The highest BCUT2D eigenvalue weighted by Crippen LogP contribution is 2.30. The summed E-state index contributed by atoms with van der Waals surface area (Å²) in [6.07, 6.45) is 0. The Bertz CT molecular complexity index is 1040. The van der Waals surface area contributed by atoms with E-state index < -0.39 is 5.97 Å². The second-order valence-electron chi connectivity index (χ2n) is 6.82. The summed E-state index contributed by atoms with van der Waals surface area (Å²) in [6.45, 7) is 5.29. The fraction of sp³-hybridized carbons (Fsp3) is 0.208. The maximum Gasteiger partial charge on any atom is 0.335 e. The standard InChI is InChI=1S/C24H24ClNO4/c1-3-29-23-12-17(14-26-21-13-19(24(27)28)9-7-16(21)2)8-10-22(23)30-15-18-5-4-6-20(25)11-18/h4-13,26H,3,14-15H2,1-2H3,(H,27,28). The van der Waals surface area contributed by atoms with Crippen molar-refractivity contribution in [3.8, 4) is 11.5 Å². The van der Waals surface area contributed by atoms with E-state index in [0.29, 0.717) is 36.3 Å². The minimum atomic E-state index is -0.946. The Labute approximate surface area is 181 Å². The molecule has 30 heavy (non-hydrogen) atoms. The van der Waals surface area contributed by atoms with Gasteiger partial charge in [0.15, 0.2) is 11.5 Å². The van der Waals surface area contributed by atoms with Crippen LogP contribution in [0.2, 0.25) is 5.02 Å². The van der Waals surface area contributed by atoms with Gasteiger partial charge in [0.05, 0.1) is 12.2 Å².